The molecule has 436 valence electrons. The minimum atomic E-state index is -2.69. The molecular weight excluding hydrogens is 1160 g/mol. The van der Waals surface area contributed by atoms with Crippen LogP contribution in [0.3, 0.4) is 0 Å². The number of thioether (sulfide) groups is 2. The van der Waals surface area contributed by atoms with Crippen LogP contribution < -0.4 is 14.2 Å². The molecule has 5 heterocycles. The molecule has 27 heteroatoms. The van der Waals surface area contributed by atoms with E-state index in [1.54, 1.807) is 52.4 Å². The van der Waals surface area contributed by atoms with Gasteiger partial charge in [0, 0.05) is 84.5 Å². The normalized spacial score (nSPS) is 13.4. The van der Waals surface area contributed by atoms with Crippen molar-refractivity contribution in [1.82, 2.24) is 34.0 Å². The highest BCUT2D eigenvalue weighted by Gasteiger charge is 2.38. The van der Waals surface area contributed by atoms with Crippen molar-refractivity contribution in [3.8, 4) is 57.7 Å². The van der Waals surface area contributed by atoms with Gasteiger partial charge in [-0.1, -0.05) is 86.0 Å². The lowest BCUT2D eigenvalue weighted by Gasteiger charge is -2.18. The van der Waals surface area contributed by atoms with Gasteiger partial charge in [-0.3, -0.25) is 14.5 Å². The van der Waals surface area contributed by atoms with Crippen molar-refractivity contribution in [3.63, 3.8) is 0 Å². The number of carbonyl (C=O) groups is 2. The van der Waals surface area contributed by atoms with Gasteiger partial charge in [0.25, 0.3) is 5.92 Å². The van der Waals surface area contributed by atoms with E-state index in [2.05, 4.69) is 61.4 Å². The van der Waals surface area contributed by atoms with Crippen LogP contribution in [-0.4, -0.2) is 151 Å². The van der Waals surface area contributed by atoms with Crippen molar-refractivity contribution in [2.24, 2.45) is 0 Å². The highest BCUT2D eigenvalue weighted by Crippen LogP contribution is 2.43. The van der Waals surface area contributed by atoms with Gasteiger partial charge in [0.1, 0.15) is 43.5 Å². The van der Waals surface area contributed by atoms with Crippen LogP contribution in [0.25, 0.3) is 44.6 Å². The predicted molar refractivity (Wildman–Crippen MR) is 315 cm³/mol. The van der Waals surface area contributed by atoms with Crippen LogP contribution in [0.1, 0.15) is 31.4 Å². The monoisotopic (exact) mass is 1230 g/mol. The number of aromatic hydroxyl groups is 1. The number of carbonyl (C=O) groups excluding carboxylic acids is 2. The third kappa shape index (κ3) is 17.9. The first-order chi connectivity index (χ1) is 38.4. The Morgan fingerprint density at radius 2 is 1.19 bits per heavy atom. The maximum atomic E-state index is 13.7. The fraction of sp³-hybridized carbons (Fsp3) is 0.481. The molecule has 6 aromatic rings. The van der Waals surface area contributed by atoms with E-state index in [9.17, 15) is 34.0 Å². The highest BCUT2D eigenvalue weighted by molar-refractivity contribution is 8.00. The molecule has 1 aliphatic heterocycles. The van der Waals surface area contributed by atoms with Gasteiger partial charge in [-0.15, -0.1) is 0 Å². The molecule has 0 amide bonds. The molecule has 0 spiro atoms. The van der Waals surface area contributed by atoms with E-state index >= 15 is 0 Å². The first-order valence-corrected chi connectivity index (χ1v) is 36.1. The van der Waals surface area contributed by atoms with Crippen LogP contribution in [-0.2, 0) is 42.0 Å². The molecule has 0 radical (unpaired) electrons. The number of halogens is 4. The van der Waals surface area contributed by atoms with Crippen molar-refractivity contribution in [3.05, 3.63) is 57.8 Å². The third-order valence-electron chi connectivity index (χ3n) is 12.3. The molecule has 1 fully saturated rings. The summed E-state index contributed by atoms with van der Waals surface area (Å²) < 4.78 is 69.5. The Morgan fingerprint density at radius 1 is 0.716 bits per heavy atom. The lowest BCUT2D eigenvalue weighted by Crippen LogP contribution is -2.29. The molecule has 0 saturated carbocycles. The fourth-order valence-electron chi connectivity index (χ4n) is 8.11. The summed E-state index contributed by atoms with van der Waals surface area (Å²) in [6, 6.07) is 12.6. The van der Waals surface area contributed by atoms with E-state index in [0.29, 0.717) is 98.7 Å². The van der Waals surface area contributed by atoms with E-state index in [0.717, 1.165) is 35.6 Å². The molecule has 1 N–H and O–H groups in total. The molecule has 2 aromatic carbocycles. The van der Waals surface area contributed by atoms with E-state index in [-0.39, 0.29) is 84.5 Å². The van der Waals surface area contributed by atoms with Gasteiger partial charge in [0.05, 0.1) is 88.8 Å². The van der Waals surface area contributed by atoms with Crippen molar-refractivity contribution in [1.29, 1.82) is 10.5 Å². The Morgan fingerprint density at radius 3 is 1.60 bits per heavy atom. The van der Waals surface area contributed by atoms with Crippen molar-refractivity contribution < 1.29 is 56.6 Å². The minimum absolute atomic E-state index is 0.0128. The quantitative estimate of drug-likeness (QED) is 0.0175. The van der Waals surface area contributed by atoms with Gasteiger partial charge in [-0.05, 0) is 38.1 Å². The molecule has 0 aliphatic carbocycles. The fourth-order valence-corrected chi connectivity index (χ4v) is 11.4. The number of phenolic OH excluding ortho intramolecular Hbond substituents is 1. The Hall–Kier alpha value is -5.75. The average Bonchev–Trinajstić information content (AvgIpc) is 4.16. The number of rotatable bonds is 26. The number of fused-ring (bicyclic) bond motifs is 2. The van der Waals surface area contributed by atoms with Gasteiger partial charge in [0.15, 0.2) is 33.3 Å². The van der Waals surface area contributed by atoms with Crippen LogP contribution in [0.4, 0.5) is 8.78 Å². The summed E-state index contributed by atoms with van der Waals surface area (Å²) in [7, 11) is 0.314. The molecule has 19 nitrogen and oxygen atoms in total. The number of hydrogen-bond donors (Lipinski definition) is 1. The number of hydrogen-bond acceptors (Lipinski definition) is 19. The van der Waals surface area contributed by atoms with Crippen molar-refractivity contribution in [2.75, 3.05) is 78.4 Å². The van der Waals surface area contributed by atoms with E-state index in [4.69, 9.17) is 66.3 Å². The Labute approximate surface area is 490 Å². The summed E-state index contributed by atoms with van der Waals surface area (Å²) in [5.74, 6) is -2.73. The third-order valence-corrected chi connectivity index (χ3v) is 18.0. The number of nitrogens with zero attached hydrogens (tertiary/aromatic N) is 9. The molecule has 7 rings (SSSR count). The largest absolute Gasteiger partial charge is 0.504 e. The molecule has 1 saturated heterocycles. The highest BCUT2D eigenvalue weighted by atomic mass is 35.5. The maximum Gasteiger partial charge on any atom is 0.316 e. The van der Waals surface area contributed by atoms with Crippen LogP contribution in [0.2, 0.25) is 61.4 Å². The number of aromatic nitrogens is 6. The summed E-state index contributed by atoms with van der Waals surface area (Å²) in [5.41, 5.74) is 3.12. The topological polar surface area (TPSA) is 231 Å². The Kier molecular flexibility index (Phi) is 23.1. The zero-order valence-electron chi connectivity index (χ0n) is 47.0. The second kappa shape index (κ2) is 29.0. The number of phenols is 1. The SMILES string of the molecule is CCOC(=O)CSc1nc(-c2cc(O)c(OC)cc2Cl)c2c(C#N)cn(COCC[Si](C)(C)C)c2n1.CCOC(=O)CSc1nc(-c2cc(OCCN3CCC(F)(F)C3)c(OC)cc2Cl)c2c(C#N)cn(COCC[Si](C)(C)C)c2n1. The second-order valence-corrected chi connectivity index (χ2v) is 34.9. The standard InChI is InChI=1S/C30H38ClF2N5O5SSi.C24H29ClN4O5SSi/c1-6-42-25(39)17-44-29-35-27(26-20(15-34)16-38(28(26)36-29)19-41-11-12-45(3,4)5)21-13-24(23(40-2)14-22(21)31)43-10-9-37-8-7-30(32,33)18-37;1-6-34-20(31)13-35-24-27-22(16-9-18(30)19(32-2)10-17(16)25)21-15(11-26)12-29(23(21)28-24)14-33-7-8-36(3,4)5/h13-14,16H,6-12,17-19H2,1-5H3;9-10,12,30H,6-8,13-14H2,1-5H3. The zero-order valence-corrected chi connectivity index (χ0v) is 52.2. The molecule has 0 bridgehead atoms. The molecule has 0 atom stereocenters. The molecule has 81 heavy (non-hydrogen) atoms. The van der Waals surface area contributed by atoms with Gasteiger partial charge in [0.2, 0.25) is 0 Å². The molecule has 0 unspecified atom stereocenters. The summed E-state index contributed by atoms with van der Waals surface area (Å²) >= 11 is 15.5. The first kappa shape index (κ1) is 64.4. The second-order valence-electron chi connectivity index (χ2n) is 21.0. The number of alkyl halides is 2. The molecular formula is C54H67Cl2F2N9O10S2Si2. The lowest BCUT2D eigenvalue weighted by molar-refractivity contribution is -0.140. The van der Waals surface area contributed by atoms with Gasteiger partial charge in [-0.2, -0.15) is 10.5 Å². The Balaban J connectivity index is 0.000000268. The van der Waals surface area contributed by atoms with Crippen LogP contribution in [0, 0.1) is 22.7 Å². The number of likely N-dealkylation sites (tertiary alicyclic amines) is 1. The van der Waals surface area contributed by atoms with Gasteiger partial charge < -0.3 is 47.4 Å². The lowest BCUT2D eigenvalue weighted by atomic mass is 10.1. The number of methoxy groups -OCH3 is 2. The van der Waals surface area contributed by atoms with Crippen LogP contribution in [0.15, 0.2) is 47.0 Å². The summed E-state index contributed by atoms with van der Waals surface area (Å²) in [6.07, 6.45) is 3.15. The smallest absolute Gasteiger partial charge is 0.316 e. The van der Waals surface area contributed by atoms with Crippen molar-refractivity contribution >= 4 is 96.9 Å². The van der Waals surface area contributed by atoms with Crippen molar-refractivity contribution in [2.45, 2.75) is 101 Å². The first-order valence-electron chi connectivity index (χ1n) is 25.9. The van der Waals surface area contributed by atoms with E-state index in [1.165, 1.54) is 26.4 Å². The summed E-state index contributed by atoms with van der Waals surface area (Å²) in [5, 5.41) is 32.5. The molecule has 4 aromatic heterocycles. The minimum Gasteiger partial charge on any atom is -0.504 e. The number of nitriles is 2. The van der Waals surface area contributed by atoms with Crippen LogP contribution in [0.5, 0.6) is 23.0 Å². The predicted octanol–water partition coefficient (Wildman–Crippen LogP) is 11.6. The average molecular weight is 1230 g/mol. The number of ether oxygens (including phenoxy) is 7. The maximum absolute atomic E-state index is 13.7. The van der Waals surface area contributed by atoms with E-state index < -0.39 is 34.0 Å². The van der Waals surface area contributed by atoms with Crippen LogP contribution >= 0.6 is 46.7 Å². The number of benzene rings is 2. The van der Waals surface area contributed by atoms with E-state index in [1.807, 2.05) is 0 Å². The number of esters is 2. The zero-order chi connectivity index (χ0) is 59.2. The summed E-state index contributed by atoms with van der Waals surface area (Å²) in [4.78, 5) is 44.4. The van der Waals surface area contributed by atoms with Gasteiger partial charge >= 0.3 is 11.9 Å². The Bertz CT molecular complexity index is 3290. The molecule has 1 aliphatic rings. The summed E-state index contributed by atoms with van der Waals surface area (Å²) in [6.45, 7) is 19.6. The van der Waals surface area contributed by atoms with Gasteiger partial charge in [-0.25, -0.2) is 28.7 Å².